The molecule has 3 heteroatoms. The van der Waals surface area contributed by atoms with Crippen LogP contribution >= 0.6 is 0 Å². The van der Waals surface area contributed by atoms with Crippen LogP contribution in [-0.4, -0.2) is 25.6 Å². The number of hydrogen-bond acceptors (Lipinski definition) is 2. The van der Waals surface area contributed by atoms with Gasteiger partial charge in [0.2, 0.25) is 0 Å². The Balaban J connectivity index is 1.69. The van der Waals surface area contributed by atoms with E-state index in [-0.39, 0.29) is 17.7 Å². The van der Waals surface area contributed by atoms with Crippen LogP contribution in [0.4, 0.5) is 0 Å². The maximum absolute atomic E-state index is 6.14. The molecular weight excluding hydrogens is 223 g/mol. The van der Waals surface area contributed by atoms with Gasteiger partial charge < -0.3 is 9.47 Å². The van der Waals surface area contributed by atoms with Gasteiger partial charge in [-0.3, -0.25) is 0 Å². The number of rotatable bonds is 4. The Bertz CT molecular complexity index is 408. The van der Waals surface area contributed by atoms with Crippen molar-refractivity contribution in [3.63, 3.8) is 0 Å². The van der Waals surface area contributed by atoms with Crippen LogP contribution in [-0.2, 0) is 16.1 Å². The molecule has 1 aliphatic heterocycles. The van der Waals surface area contributed by atoms with E-state index in [0.717, 1.165) is 19.3 Å². The molecule has 2 bridgehead atoms. The lowest BCUT2D eigenvalue weighted by Crippen LogP contribution is -2.37. The largest absolute Gasteiger partial charge is 0.378 e. The molecule has 0 N–H and O–H groups in total. The lowest BCUT2D eigenvalue weighted by Gasteiger charge is -2.30. The lowest BCUT2D eigenvalue weighted by atomic mass is 9.85. The van der Waals surface area contributed by atoms with Gasteiger partial charge in [-0.05, 0) is 24.8 Å². The SMILES string of the molecule is [B][C@@H]1O[C@@]2(CC)CC[C@@H]1[C@@H]2OCc1ccccc1. The van der Waals surface area contributed by atoms with Gasteiger partial charge in [-0.25, -0.2) is 0 Å². The average Bonchev–Trinajstić information content (AvgIpc) is 2.89. The second-order valence-electron chi connectivity index (χ2n) is 5.42. The van der Waals surface area contributed by atoms with E-state index >= 15 is 0 Å². The Kier molecular flexibility index (Phi) is 3.20. The molecule has 3 rings (SSSR count). The molecule has 1 aliphatic carbocycles. The zero-order valence-corrected chi connectivity index (χ0v) is 10.8. The number of fused-ring (bicyclic) bond motifs is 2. The summed E-state index contributed by atoms with van der Waals surface area (Å²) >= 11 is 0. The summed E-state index contributed by atoms with van der Waals surface area (Å²) in [6, 6.07) is 10.2. The first-order valence-electron chi connectivity index (χ1n) is 6.84. The Morgan fingerprint density at radius 2 is 2.17 bits per heavy atom. The van der Waals surface area contributed by atoms with Crippen molar-refractivity contribution < 1.29 is 9.47 Å². The van der Waals surface area contributed by atoms with Crippen LogP contribution in [0.1, 0.15) is 31.7 Å². The molecule has 1 saturated carbocycles. The minimum Gasteiger partial charge on any atom is -0.378 e. The third-order valence-corrected chi connectivity index (χ3v) is 4.47. The quantitative estimate of drug-likeness (QED) is 0.755. The molecular formula is C15H19BO2. The van der Waals surface area contributed by atoms with Crippen molar-refractivity contribution in [1.82, 2.24) is 0 Å². The van der Waals surface area contributed by atoms with Crippen molar-refractivity contribution in [1.29, 1.82) is 0 Å². The summed E-state index contributed by atoms with van der Waals surface area (Å²) in [5, 5.41) is 0. The molecule has 0 unspecified atom stereocenters. The second kappa shape index (κ2) is 4.71. The zero-order valence-electron chi connectivity index (χ0n) is 10.8. The zero-order chi connectivity index (χ0) is 12.6. The van der Waals surface area contributed by atoms with Gasteiger partial charge in [-0.2, -0.15) is 0 Å². The highest BCUT2D eigenvalue weighted by atomic mass is 16.6. The molecule has 2 aliphatic rings. The summed E-state index contributed by atoms with van der Waals surface area (Å²) in [5.74, 6) is 0.369. The first-order chi connectivity index (χ1) is 8.75. The van der Waals surface area contributed by atoms with Gasteiger partial charge in [0, 0.05) is 11.9 Å². The van der Waals surface area contributed by atoms with E-state index in [9.17, 15) is 0 Å². The molecule has 94 valence electrons. The first-order valence-corrected chi connectivity index (χ1v) is 6.84. The van der Waals surface area contributed by atoms with Gasteiger partial charge in [0.1, 0.15) is 7.85 Å². The maximum Gasteiger partial charge on any atom is 0.109 e. The molecule has 4 atom stereocenters. The van der Waals surface area contributed by atoms with Crippen molar-refractivity contribution in [2.45, 2.75) is 50.5 Å². The van der Waals surface area contributed by atoms with Crippen LogP contribution in [0.2, 0.25) is 0 Å². The second-order valence-corrected chi connectivity index (χ2v) is 5.42. The minimum atomic E-state index is -0.139. The molecule has 2 radical (unpaired) electrons. The first kappa shape index (κ1) is 12.2. The monoisotopic (exact) mass is 242 g/mol. The van der Waals surface area contributed by atoms with Crippen LogP contribution in [0, 0.1) is 5.92 Å². The topological polar surface area (TPSA) is 18.5 Å². The third-order valence-electron chi connectivity index (χ3n) is 4.47. The molecule has 2 fully saturated rings. The van der Waals surface area contributed by atoms with Crippen LogP contribution in [0.25, 0.3) is 0 Å². The molecule has 1 aromatic carbocycles. The Labute approximate surface area is 110 Å². The van der Waals surface area contributed by atoms with Gasteiger partial charge >= 0.3 is 0 Å². The van der Waals surface area contributed by atoms with Crippen molar-refractivity contribution in [2.24, 2.45) is 5.92 Å². The van der Waals surface area contributed by atoms with Crippen LogP contribution in [0.5, 0.6) is 0 Å². The smallest absolute Gasteiger partial charge is 0.109 e. The van der Waals surface area contributed by atoms with Gasteiger partial charge in [-0.15, -0.1) is 0 Å². The lowest BCUT2D eigenvalue weighted by molar-refractivity contribution is -0.0945. The van der Waals surface area contributed by atoms with Gasteiger partial charge in [0.05, 0.1) is 18.3 Å². The number of ether oxygens (including phenoxy) is 2. The molecule has 1 saturated heterocycles. The summed E-state index contributed by atoms with van der Waals surface area (Å²) < 4.78 is 12.1. The Hall–Kier alpha value is -0.795. The average molecular weight is 242 g/mol. The van der Waals surface area contributed by atoms with E-state index in [4.69, 9.17) is 17.3 Å². The standard InChI is InChI=1S/C15H19BO2/c1-2-15-9-8-12(14(16)18-15)13(15)17-10-11-6-4-3-5-7-11/h3-7,12-14H,2,8-10H2,1H3/t12-,13+,14-,15+/m1/s1. The fourth-order valence-corrected chi connectivity index (χ4v) is 3.41. The summed E-state index contributed by atoms with van der Waals surface area (Å²) in [6.07, 6.45) is 3.37. The molecule has 2 nitrogen and oxygen atoms in total. The Morgan fingerprint density at radius 1 is 1.39 bits per heavy atom. The molecule has 18 heavy (non-hydrogen) atoms. The van der Waals surface area contributed by atoms with Crippen molar-refractivity contribution in [3.05, 3.63) is 35.9 Å². The van der Waals surface area contributed by atoms with Crippen LogP contribution in [0.3, 0.4) is 0 Å². The Morgan fingerprint density at radius 3 is 2.83 bits per heavy atom. The predicted molar refractivity (Wildman–Crippen MR) is 71.4 cm³/mol. The fraction of sp³-hybridized carbons (Fsp3) is 0.600. The van der Waals surface area contributed by atoms with Crippen molar-refractivity contribution in [2.75, 3.05) is 0 Å². The highest BCUT2D eigenvalue weighted by Gasteiger charge is 2.57. The summed E-state index contributed by atoms with van der Waals surface area (Å²) in [4.78, 5) is 0. The van der Waals surface area contributed by atoms with Gasteiger partial charge in [-0.1, -0.05) is 37.3 Å². The fourth-order valence-electron chi connectivity index (χ4n) is 3.41. The molecule has 0 amide bonds. The molecule has 1 aromatic rings. The third kappa shape index (κ3) is 1.90. The predicted octanol–water partition coefficient (Wildman–Crippen LogP) is 2.66. The molecule has 0 spiro atoms. The van der Waals surface area contributed by atoms with Crippen molar-refractivity contribution in [3.8, 4) is 0 Å². The van der Waals surface area contributed by atoms with Crippen LogP contribution < -0.4 is 0 Å². The summed E-state index contributed by atoms with van der Waals surface area (Å²) in [7, 11) is 6.04. The van der Waals surface area contributed by atoms with E-state index in [1.54, 1.807) is 0 Å². The highest BCUT2D eigenvalue weighted by molar-refractivity contribution is 6.11. The van der Waals surface area contributed by atoms with Crippen molar-refractivity contribution >= 4 is 7.85 Å². The highest BCUT2D eigenvalue weighted by Crippen LogP contribution is 2.50. The summed E-state index contributed by atoms with van der Waals surface area (Å²) in [6.45, 7) is 2.82. The van der Waals surface area contributed by atoms with Gasteiger partial charge in [0.15, 0.2) is 0 Å². The van der Waals surface area contributed by atoms with E-state index in [1.165, 1.54) is 5.56 Å². The maximum atomic E-state index is 6.14. The van der Waals surface area contributed by atoms with E-state index in [2.05, 4.69) is 19.1 Å². The van der Waals surface area contributed by atoms with Gasteiger partial charge in [0.25, 0.3) is 0 Å². The number of hydrogen-bond donors (Lipinski definition) is 0. The summed E-state index contributed by atoms with van der Waals surface area (Å²) in [5.41, 5.74) is 1.09. The normalized spacial score (nSPS) is 38.2. The van der Waals surface area contributed by atoms with Crippen LogP contribution in [0.15, 0.2) is 30.3 Å². The van der Waals surface area contributed by atoms with E-state index in [1.807, 2.05) is 18.2 Å². The minimum absolute atomic E-state index is 0.126. The number of benzene rings is 1. The molecule has 0 aromatic heterocycles. The van der Waals surface area contributed by atoms with E-state index < -0.39 is 0 Å². The molecule has 1 heterocycles. The van der Waals surface area contributed by atoms with E-state index in [0.29, 0.717) is 12.5 Å².